The second kappa shape index (κ2) is 11.7. The van der Waals surface area contributed by atoms with Crippen LogP contribution >= 0.6 is 15.9 Å². The van der Waals surface area contributed by atoms with Crippen molar-refractivity contribution >= 4 is 45.2 Å². The van der Waals surface area contributed by atoms with E-state index in [-0.39, 0.29) is 18.1 Å². The van der Waals surface area contributed by atoms with Gasteiger partial charge in [-0.3, -0.25) is 9.59 Å². The maximum atomic E-state index is 12.5. The Morgan fingerprint density at radius 1 is 1.03 bits per heavy atom. The van der Waals surface area contributed by atoms with Crippen LogP contribution in [-0.4, -0.2) is 25.5 Å². The van der Waals surface area contributed by atoms with Crippen LogP contribution in [0.5, 0.6) is 11.5 Å². The fourth-order valence-corrected chi connectivity index (χ4v) is 3.49. The van der Waals surface area contributed by atoms with Gasteiger partial charge < -0.3 is 20.1 Å². The fourth-order valence-electron chi connectivity index (χ4n) is 2.98. The normalized spacial score (nSPS) is 10.7. The zero-order valence-corrected chi connectivity index (χ0v) is 20.2. The molecule has 0 aliphatic rings. The maximum absolute atomic E-state index is 12.5. The molecule has 0 aliphatic carbocycles. The van der Waals surface area contributed by atoms with Gasteiger partial charge in [-0.1, -0.05) is 18.2 Å². The molecule has 7 nitrogen and oxygen atoms in total. The highest BCUT2D eigenvalue weighted by Crippen LogP contribution is 2.27. The highest BCUT2D eigenvalue weighted by atomic mass is 79.9. The first-order valence-corrected chi connectivity index (χ1v) is 11.0. The van der Waals surface area contributed by atoms with Gasteiger partial charge >= 0.3 is 0 Å². The van der Waals surface area contributed by atoms with Crippen LogP contribution in [0.4, 0.5) is 11.4 Å². The van der Waals surface area contributed by atoms with Crippen LogP contribution < -0.4 is 20.1 Å². The number of halogens is 1. The summed E-state index contributed by atoms with van der Waals surface area (Å²) >= 11 is 3.41. The SMILES string of the molecule is COc1ccc(NC(=O)COc2ccc(/C=C(\C#N)C(=O)Nc3cccc(C)c3)cc2Br)cc1. The minimum absolute atomic E-state index is 0.0408. The van der Waals surface area contributed by atoms with Crippen molar-refractivity contribution < 1.29 is 19.1 Å². The molecule has 2 amide bonds. The Morgan fingerprint density at radius 3 is 2.44 bits per heavy atom. The summed E-state index contributed by atoms with van der Waals surface area (Å²) in [6.07, 6.45) is 1.48. The molecule has 0 heterocycles. The van der Waals surface area contributed by atoms with E-state index in [1.807, 2.05) is 31.2 Å². The summed E-state index contributed by atoms with van der Waals surface area (Å²) in [7, 11) is 1.57. The second-order valence-corrected chi connectivity index (χ2v) is 8.10. The topological polar surface area (TPSA) is 100 Å². The van der Waals surface area contributed by atoms with Gasteiger partial charge in [0.25, 0.3) is 11.8 Å². The minimum Gasteiger partial charge on any atom is -0.497 e. The number of ether oxygens (including phenoxy) is 2. The number of benzene rings is 3. The number of carbonyl (C=O) groups is 2. The van der Waals surface area contributed by atoms with Gasteiger partial charge in [0.1, 0.15) is 23.1 Å². The molecule has 3 aromatic rings. The number of anilines is 2. The lowest BCUT2D eigenvalue weighted by Crippen LogP contribution is -2.20. The number of nitrogens with one attached hydrogen (secondary N) is 2. The lowest BCUT2D eigenvalue weighted by atomic mass is 10.1. The van der Waals surface area contributed by atoms with Gasteiger partial charge in [-0.25, -0.2) is 0 Å². The zero-order valence-electron chi connectivity index (χ0n) is 18.6. The number of carbonyl (C=O) groups excluding carboxylic acids is 2. The van der Waals surface area contributed by atoms with Crippen LogP contribution in [0.1, 0.15) is 11.1 Å². The number of hydrogen-bond acceptors (Lipinski definition) is 5. The molecule has 0 fully saturated rings. The predicted octanol–water partition coefficient (Wildman–Crippen LogP) is 5.33. The number of aryl methyl sites for hydroxylation is 1. The third-order valence-electron chi connectivity index (χ3n) is 4.64. The van der Waals surface area contributed by atoms with E-state index in [2.05, 4.69) is 26.6 Å². The summed E-state index contributed by atoms with van der Waals surface area (Å²) in [6.45, 7) is 1.72. The standard InChI is InChI=1S/C26H22BrN3O4/c1-17-4-3-5-21(12-17)30-26(32)19(15-28)13-18-6-11-24(23(27)14-18)34-16-25(31)29-20-7-9-22(33-2)10-8-20/h3-14H,16H2,1-2H3,(H,29,31)(H,30,32)/b19-13+. The molecule has 34 heavy (non-hydrogen) atoms. The van der Waals surface area contributed by atoms with E-state index in [0.717, 1.165) is 5.56 Å². The third-order valence-corrected chi connectivity index (χ3v) is 5.26. The molecule has 3 aromatic carbocycles. The van der Waals surface area contributed by atoms with Crippen LogP contribution in [0.3, 0.4) is 0 Å². The summed E-state index contributed by atoms with van der Waals surface area (Å²) in [5.41, 5.74) is 2.82. The molecule has 0 spiro atoms. The largest absolute Gasteiger partial charge is 0.497 e. The van der Waals surface area contributed by atoms with Crippen molar-refractivity contribution in [1.29, 1.82) is 5.26 Å². The van der Waals surface area contributed by atoms with Gasteiger partial charge in [0, 0.05) is 11.4 Å². The first kappa shape index (κ1) is 24.6. The minimum atomic E-state index is -0.500. The Bertz CT molecular complexity index is 1260. The van der Waals surface area contributed by atoms with Crippen molar-refractivity contribution in [3.05, 3.63) is 87.9 Å². The Morgan fingerprint density at radius 2 is 1.79 bits per heavy atom. The highest BCUT2D eigenvalue weighted by molar-refractivity contribution is 9.10. The van der Waals surface area contributed by atoms with Crippen molar-refractivity contribution in [2.75, 3.05) is 24.4 Å². The summed E-state index contributed by atoms with van der Waals surface area (Å²) < 4.78 is 11.3. The summed E-state index contributed by atoms with van der Waals surface area (Å²) in [4.78, 5) is 24.7. The molecule has 0 unspecified atom stereocenters. The molecule has 0 atom stereocenters. The van der Waals surface area contributed by atoms with Gasteiger partial charge in [0.2, 0.25) is 0 Å². The average Bonchev–Trinajstić information content (AvgIpc) is 2.82. The van der Waals surface area contributed by atoms with Gasteiger partial charge in [0.15, 0.2) is 6.61 Å². The molecule has 0 aromatic heterocycles. The van der Waals surface area contributed by atoms with Crippen LogP contribution in [0.2, 0.25) is 0 Å². The van der Waals surface area contributed by atoms with E-state index >= 15 is 0 Å². The Kier molecular flexibility index (Phi) is 8.43. The van der Waals surface area contributed by atoms with Crippen LogP contribution in [0.15, 0.2) is 76.8 Å². The van der Waals surface area contributed by atoms with E-state index in [4.69, 9.17) is 9.47 Å². The number of nitriles is 1. The van der Waals surface area contributed by atoms with E-state index in [1.165, 1.54) is 6.08 Å². The maximum Gasteiger partial charge on any atom is 0.266 e. The number of methoxy groups -OCH3 is 1. The van der Waals surface area contributed by atoms with Gasteiger partial charge in [-0.05, 0) is 88.6 Å². The molecule has 8 heteroatoms. The van der Waals surface area contributed by atoms with E-state index < -0.39 is 5.91 Å². The van der Waals surface area contributed by atoms with Gasteiger partial charge in [-0.15, -0.1) is 0 Å². The number of hydrogen-bond donors (Lipinski definition) is 2. The summed E-state index contributed by atoms with van der Waals surface area (Å²) in [5.74, 6) is 0.324. The van der Waals surface area contributed by atoms with Gasteiger partial charge in [0.05, 0.1) is 11.6 Å². The predicted molar refractivity (Wildman–Crippen MR) is 135 cm³/mol. The molecule has 0 bridgehead atoms. The monoisotopic (exact) mass is 519 g/mol. The first-order chi connectivity index (χ1) is 16.4. The van der Waals surface area contributed by atoms with Crippen LogP contribution in [0, 0.1) is 18.3 Å². The van der Waals surface area contributed by atoms with E-state index in [0.29, 0.717) is 32.9 Å². The van der Waals surface area contributed by atoms with Crippen molar-refractivity contribution in [3.8, 4) is 17.6 Å². The molecule has 3 rings (SSSR count). The molecule has 0 saturated carbocycles. The number of nitrogens with zero attached hydrogens (tertiary/aromatic N) is 1. The van der Waals surface area contributed by atoms with Crippen LogP contribution in [-0.2, 0) is 9.59 Å². The molecule has 2 N–H and O–H groups in total. The summed E-state index contributed by atoms with van der Waals surface area (Å²) in [5, 5.41) is 14.9. The highest BCUT2D eigenvalue weighted by Gasteiger charge is 2.11. The molecule has 0 aliphatic heterocycles. The lowest BCUT2D eigenvalue weighted by Gasteiger charge is -2.10. The molecule has 0 radical (unpaired) electrons. The first-order valence-electron chi connectivity index (χ1n) is 10.2. The zero-order chi connectivity index (χ0) is 24.5. The number of amides is 2. The van der Waals surface area contributed by atoms with Crippen LogP contribution in [0.25, 0.3) is 6.08 Å². The Labute approximate surface area is 206 Å². The average molecular weight is 520 g/mol. The lowest BCUT2D eigenvalue weighted by molar-refractivity contribution is -0.118. The van der Waals surface area contributed by atoms with Crippen molar-refractivity contribution in [1.82, 2.24) is 0 Å². The molecular weight excluding hydrogens is 498 g/mol. The molecular formula is C26H22BrN3O4. The van der Waals surface area contributed by atoms with Gasteiger partial charge in [-0.2, -0.15) is 5.26 Å². The smallest absolute Gasteiger partial charge is 0.266 e. The van der Waals surface area contributed by atoms with Crippen molar-refractivity contribution in [2.24, 2.45) is 0 Å². The quantitative estimate of drug-likeness (QED) is 0.309. The van der Waals surface area contributed by atoms with Crippen molar-refractivity contribution in [3.63, 3.8) is 0 Å². The Balaban J connectivity index is 1.61. The van der Waals surface area contributed by atoms with E-state index in [1.54, 1.807) is 55.6 Å². The number of rotatable bonds is 8. The second-order valence-electron chi connectivity index (χ2n) is 7.25. The summed E-state index contributed by atoms with van der Waals surface area (Å²) in [6, 6.07) is 21.3. The Hall–Kier alpha value is -4.09. The molecule has 172 valence electrons. The third kappa shape index (κ3) is 6.95. The fraction of sp³-hybridized carbons (Fsp3) is 0.115. The van der Waals surface area contributed by atoms with E-state index in [9.17, 15) is 14.9 Å². The molecule has 0 saturated heterocycles. The van der Waals surface area contributed by atoms with Crippen molar-refractivity contribution in [2.45, 2.75) is 6.92 Å².